The summed E-state index contributed by atoms with van der Waals surface area (Å²) in [6.07, 6.45) is 8.93. The minimum absolute atomic E-state index is 0.135. The van der Waals surface area contributed by atoms with E-state index >= 15 is 0 Å². The number of aromatic amines is 1. The van der Waals surface area contributed by atoms with Crippen LogP contribution in [0.3, 0.4) is 0 Å². The van der Waals surface area contributed by atoms with Gasteiger partial charge in [0.2, 0.25) is 5.95 Å². The molecule has 3 aromatic heterocycles. The first kappa shape index (κ1) is 22.7. The monoisotopic (exact) mass is 490 g/mol. The molecule has 3 heterocycles. The minimum atomic E-state index is 0.135. The number of nitrogen functional groups attached to an aromatic ring is 1. The Bertz CT molecular complexity index is 1640. The van der Waals surface area contributed by atoms with Crippen LogP contribution in [0, 0.1) is 18.3 Å². The molecule has 2 aromatic carbocycles. The van der Waals surface area contributed by atoms with Gasteiger partial charge in [0, 0.05) is 28.7 Å². The molecule has 0 spiro atoms. The van der Waals surface area contributed by atoms with Crippen molar-refractivity contribution in [3.05, 3.63) is 71.5 Å². The molecule has 0 bridgehead atoms. The first-order valence-corrected chi connectivity index (χ1v) is 12.4. The van der Waals surface area contributed by atoms with Crippen molar-refractivity contribution in [2.24, 2.45) is 0 Å². The van der Waals surface area contributed by atoms with Crippen LogP contribution in [0.4, 0.5) is 5.95 Å². The number of rotatable bonds is 6. The zero-order valence-electron chi connectivity index (χ0n) is 20.5. The largest absolute Gasteiger partial charge is 0.490 e. The van der Waals surface area contributed by atoms with E-state index in [0.29, 0.717) is 35.3 Å². The van der Waals surface area contributed by atoms with E-state index in [9.17, 15) is 5.26 Å². The third-order valence-corrected chi connectivity index (χ3v) is 6.95. The summed E-state index contributed by atoms with van der Waals surface area (Å²) in [5.41, 5.74) is 12.3. The summed E-state index contributed by atoms with van der Waals surface area (Å²) in [5, 5.41) is 19.2. The van der Waals surface area contributed by atoms with Crippen molar-refractivity contribution < 1.29 is 4.74 Å². The second kappa shape index (κ2) is 9.39. The number of anilines is 1. The highest BCUT2D eigenvalue weighted by atomic mass is 16.5. The molecule has 1 aliphatic rings. The van der Waals surface area contributed by atoms with Crippen molar-refractivity contribution in [2.45, 2.75) is 45.3 Å². The Balaban J connectivity index is 1.25. The van der Waals surface area contributed by atoms with Gasteiger partial charge in [0.05, 0.1) is 41.9 Å². The number of nitriles is 1. The van der Waals surface area contributed by atoms with Crippen molar-refractivity contribution >= 4 is 16.9 Å². The lowest BCUT2D eigenvalue weighted by molar-refractivity contribution is 0.210. The standard InChI is InChI=1S/C28H26N8O/c1-17-18(13-29)5-4-8-22(17)25-12-26(33-28(30)32-25)27-16-36(35-34-27)15-19-14-31-24-11-21(9-10-23(19)24)37-20-6-2-3-7-20/h4-5,8-12,14,16,20,31H,2-3,6-7,15H2,1H3,(H2,30,32,33). The maximum absolute atomic E-state index is 9.39. The molecule has 184 valence electrons. The lowest BCUT2D eigenvalue weighted by atomic mass is 10.00. The average Bonchev–Trinajstić information content (AvgIpc) is 3.66. The summed E-state index contributed by atoms with van der Waals surface area (Å²) in [7, 11) is 0. The first-order chi connectivity index (χ1) is 18.1. The van der Waals surface area contributed by atoms with Crippen molar-refractivity contribution in [2.75, 3.05) is 5.73 Å². The Hall–Kier alpha value is -4.71. The zero-order chi connectivity index (χ0) is 25.4. The molecule has 9 nitrogen and oxygen atoms in total. The molecule has 0 saturated heterocycles. The van der Waals surface area contributed by atoms with E-state index in [1.165, 1.54) is 12.8 Å². The Morgan fingerprint density at radius 3 is 2.78 bits per heavy atom. The van der Waals surface area contributed by atoms with Gasteiger partial charge in [-0.15, -0.1) is 5.10 Å². The molecular weight excluding hydrogens is 464 g/mol. The Morgan fingerprint density at radius 1 is 1.11 bits per heavy atom. The molecule has 0 aliphatic heterocycles. The predicted molar refractivity (Wildman–Crippen MR) is 141 cm³/mol. The van der Waals surface area contributed by atoms with Gasteiger partial charge < -0.3 is 15.5 Å². The third-order valence-electron chi connectivity index (χ3n) is 6.95. The lowest BCUT2D eigenvalue weighted by Gasteiger charge is -2.12. The fraction of sp³-hybridized carbons (Fsp3) is 0.250. The van der Waals surface area contributed by atoms with Crippen LogP contribution in [0.5, 0.6) is 5.75 Å². The van der Waals surface area contributed by atoms with Crippen LogP contribution >= 0.6 is 0 Å². The van der Waals surface area contributed by atoms with Crippen molar-refractivity contribution in [3.63, 3.8) is 0 Å². The van der Waals surface area contributed by atoms with Crippen LogP contribution in [0.1, 0.15) is 42.4 Å². The number of nitrogens with zero attached hydrogens (tertiary/aromatic N) is 6. The molecular formula is C28H26N8O. The highest BCUT2D eigenvalue weighted by molar-refractivity contribution is 5.84. The minimum Gasteiger partial charge on any atom is -0.490 e. The maximum Gasteiger partial charge on any atom is 0.221 e. The fourth-order valence-electron chi connectivity index (χ4n) is 5.01. The molecule has 9 heteroatoms. The molecule has 1 fully saturated rings. The Morgan fingerprint density at radius 2 is 1.95 bits per heavy atom. The average molecular weight is 491 g/mol. The molecule has 0 unspecified atom stereocenters. The summed E-state index contributed by atoms with van der Waals surface area (Å²) >= 11 is 0. The van der Waals surface area contributed by atoms with E-state index in [-0.39, 0.29) is 5.95 Å². The van der Waals surface area contributed by atoms with Crippen LogP contribution in [-0.4, -0.2) is 36.0 Å². The summed E-state index contributed by atoms with van der Waals surface area (Å²) in [4.78, 5) is 12.1. The highest BCUT2D eigenvalue weighted by Gasteiger charge is 2.17. The summed E-state index contributed by atoms with van der Waals surface area (Å²) in [6.45, 7) is 2.44. The van der Waals surface area contributed by atoms with Gasteiger partial charge in [0.25, 0.3) is 0 Å². The molecule has 1 aliphatic carbocycles. The smallest absolute Gasteiger partial charge is 0.221 e. The fourth-order valence-corrected chi connectivity index (χ4v) is 5.01. The Kier molecular flexibility index (Phi) is 5.77. The number of hydrogen-bond donors (Lipinski definition) is 2. The van der Waals surface area contributed by atoms with Gasteiger partial charge in [-0.05, 0) is 68.0 Å². The number of H-pyrrole nitrogens is 1. The van der Waals surface area contributed by atoms with Gasteiger partial charge in [-0.2, -0.15) is 5.26 Å². The van der Waals surface area contributed by atoms with Crippen LogP contribution < -0.4 is 10.5 Å². The SMILES string of the molecule is Cc1c(C#N)cccc1-c1cc(-c2cn(Cc3c[nH]c4cc(OC5CCCC5)ccc34)nn2)nc(N)n1. The Labute approximate surface area is 213 Å². The summed E-state index contributed by atoms with van der Waals surface area (Å²) in [5.74, 6) is 1.04. The highest BCUT2D eigenvalue weighted by Crippen LogP contribution is 2.29. The zero-order valence-corrected chi connectivity index (χ0v) is 20.5. The number of aromatic nitrogens is 6. The third kappa shape index (κ3) is 4.49. The van der Waals surface area contributed by atoms with Crippen molar-refractivity contribution in [1.29, 1.82) is 5.26 Å². The normalized spacial score (nSPS) is 13.7. The van der Waals surface area contributed by atoms with Crippen LogP contribution in [0.2, 0.25) is 0 Å². The lowest BCUT2D eigenvalue weighted by Crippen LogP contribution is -2.10. The quantitative estimate of drug-likeness (QED) is 0.342. The number of ether oxygens (including phenoxy) is 1. The maximum atomic E-state index is 9.39. The number of nitrogens with one attached hydrogen (secondary N) is 1. The molecule has 6 rings (SSSR count). The van der Waals surface area contributed by atoms with E-state index in [1.807, 2.05) is 43.6 Å². The number of benzene rings is 2. The van der Waals surface area contributed by atoms with Crippen LogP contribution in [-0.2, 0) is 6.54 Å². The second-order valence-corrected chi connectivity index (χ2v) is 9.43. The van der Waals surface area contributed by atoms with E-state index in [4.69, 9.17) is 10.5 Å². The van der Waals surface area contributed by atoms with E-state index in [1.54, 1.807) is 10.7 Å². The summed E-state index contributed by atoms with van der Waals surface area (Å²) in [6, 6.07) is 15.8. The number of fused-ring (bicyclic) bond motifs is 1. The van der Waals surface area contributed by atoms with Crippen LogP contribution in [0.15, 0.2) is 54.9 Å². The van der Waals surface area contributed by atoms with Gasteiger partial charge in [0.1, 0.15) is 11.4 Å². The van der Waals surface area contributed by atoms with Gasteiger partial charge in [-0.1, -0.05) is 17.3 Å². The van der Waals surface area contributed by atoms with Crippen molar-refractivity contribution in [3.8, 4) is 34.5 Å². The number of nitrogens with two attached hydrogens (primary N) is 1. The molecule has 5 aromatic rings. The van der Waals surface area contributed by atoms with Crippen molar-refractivity contribution in [1.82, 2.24) is 29.9 Å². The molecule has 0 radical (unpaired) electrons. The topological polar surface area (TPSA) is 131 Å². The van der Waals surface area contributed by atoms with Crippen LogP contribution in [0.25, 0.3) is 33.5 Å². The first-order valence-electron chi connectivity index (χ1n) is 12.4. The summed E-state index contributed by atoms with van der Waals surface area (Å²) < 4.78 is 7.93. The van der Waals surface area contributed by atoms with E-state index in [0.717, 1.165) is 46.2 Å². The van der Waals surface area contributed by atoms with E-state index < -0.39 is 0 Å². The predicted octanol–water partition coefficient (Wildman–Crippen LogP) is 5.02. The molecule has 3 N–H and O–H groups in total. The number of hydrogen-bond acceptors (Lipinski definition) is 7. The van der Waals surface area contributed by atoms with Gasteiger partial charge in [0.15, 0.2) is 0 Å². The molecule has 0 amide bonds. The molecule has 37 heavy (non-hydrogen) atoms. The molecule has 0 atom stereocenters. The van der Waals surface area contributed by atoms with Gasteiger partial charge in [-0.25, -0.2) is 14.6 Å². The van der Waals surface area contributed by atoms with E-state index in [2.05, 4.69) is 43.5 Å². The second-order valence-electron chi connectivity index (χ2n) is 9.43. The van der Waals surface area contributed by atoms with Gasteiger partial charge >= 0.3 is 0 Å². The molecule has 1 saturated carbocycles. The van der Waals surface area contributed by atoms with Gasteiger partial charge in [-0.3, -0.25) is 0 Å².